The van der Waals surface area contributed by atoms with Gasteiger partial charge in [-0.2, -0.15) is 0 Å². The lowest BCUT2D eigenvalue weighted by Gasteiger charge is -2.36. The van der Waals surface area contributed by atoms with Crippen molar-refractivity contribution in [3.05, 3.63) is 35.9 Å². The van der Waals surface area contributed by atoms with Gasteiger partial charge in [-0.1, -0.05) is 36.8 Å². The number of hydrogen-bond acceptors (Lipinski definition) is 2. The fraction of sp³-hybridized carbons (Fsp3) is 0.650. The standard InChI is InChI=1S/C20H31NO2.ClH/c1-15(2)21(16(3)4)14-12-18-11-8-13-20(18,19(22)23)17-9-6-5-7-10-17;/h5-7,9-10,15-16,18H,8,11-14H2,1-4H3,(H,22,23);1H. The molecule has 0 aromatic heterocycles. The maximum atomic E-state index is 12.2. The Balaban J connectivity index is 0.00000288. The van der Waals surface area contributed by atoms with Gasteiger partial charge in [0.1, 0.15) is 0 Å². The van der Waals surface area contributed by atoms with Crippen molar-refractivity contribution in [3.8, 4) is 0 Å². The summed E-state index contributed by atoms with van der Waals surface area (Å²) < 4.78 is 0. The lowest BCUT2D eigenvalue weighted by Crippen LogP contribution is -2.43. The van der Waals surface area contributed by atoms with Gasteiger partial charge in [-0.3, -0.25) is 9.69 Å². The van der Waals surface area contributed by atoms with Gasteiger partial charge in [0, 0.05) is 12.1 Å². The van der Waals surface area contributed by atoms with Crippen LogP contribution in [0.4, 0.5) is 0 Å². The molecule has 0 radical (unpaired) electrons. The van der Waals surface area contributed by atoms with Crippen molar-refractivity contribution >= 4 is 18.4 Å². The number of nitrogens with zero attached hydrogens (tertiary/aromatic N) is 1. The van der Waals surface area contributed by atoms with Crippen molar-refractivity contribution in [1.82, 2.24) is 4.90 Å². The predicted octanol–water partition coefficient (Wildman–Crippen LogP) is 4.74. The summed E-state index contributed by atoms with van der Waals surface area (Å²) in [5.41, 5.74) is 0.289. The van der Waals surface area contributed by atoms with Crippen LogP contribution in [0.15, 0.2) is 30.3 Å². The van der Waals surface area contributed by atoms with E-state index in [1.165, 1.54) is 0 Å². The number of aliphatic carboxylic acids is 1. The normalized spacial score (nSPS) is 23.7. The zero-order valence-electron chi connectivity index (χ0n) is 15.4. The Hall–Kier alpha value is -1.06. The van der Waals surface area contributed by atoms with E-state index in [2.05, 4.69) is 32.6 Å². The van der Waals surface area contributed by atoms with E-state index >= 15 is 0 Å². The van der Waals surface area contributed by atoms with Crippen molar-refractivity contribution in [2.24, 2.45) is 5.92 Å². The summed E-state index contributed by atoms with van der Waals surface area (Å²) in [6.07, 6.45) is 3.75. The summed E-state index contributed by atoms with van der Waals surface area (Å²) in [5.74, 6) is -0.422. The third-order valence-electron chi connectivity index (χ3n) is 5.55. The molecule has 1 aromatic carbocycles. The summed E-state index contributed by atoms with van der Waals surface area (Å²) in [5, 5.41) is 10.1. The highest BCUT2D eigenvalue weighted by Crippen LogP contribution is 2.47. The number of benzene rings is 1. The molecule has 3 nitrogen and oxygen atoms in total. The van der Waals surface area contributed by atoms with Crippen molar-refractivity contribution in [2.45, 2.75) is 70.9 Å². The number of halogens is 1. The molecule has 136 valence electrons. The third-order valence-corrected chi connectivity index (χ3v) is 5.55. The molecule has 2 atom stereocenters. The molecule has 0 heterocycles. The zero-order valence-corrected chi connectivity index (χ0v) is 16.2. The number of carbonyl (C=O) groups is 1. The van der Waals surface area contributed by atoms with Gasteiger partial charge in [-0.25, -0.2) is 0 Å². The van der Waals surface area contributed by atoms with E-state index in [1.807, 2.05) is 30.3 Å². The highest BCUT2D eigenvalue weighted by atomic mass is 35.5. The highest BCUT2D eigenvalue weighted by Gasteiger charge is 2.50. The van der Waals surface area contributed by atoms with Crippen LogP contribution in [-0.4, -0.2) is 34.6 Å². The number of hydrogen-bond donors (Lipinski definition) is 1. The van der Waals surface area contributed by atoms with Gasteiger partial charge < -0.3 is 5.11 Å². The molecule has 4 heteroatoms. The molecular formula is C20H32ClNO2. The average Bonchev–Trinajstić information content (AvgIpc) is 2.92. The maximum absolute atomic E-state index is 12.2. The topological polar surface area (TPSA) is 40.5 Å². The molecule has 2 rings (SSSR count). The quantitative estimate of drug-likeness (QED) is 0.769. The molecule has 0 spiro atoms. The van der Waals surface area contributed by atoms with E-state index in [4.69, 9.17) is 0 Å². The van der Waals surface area contributed by atoms with Gasteiger partial charge in [0.15, 0.2) is 0 Å². The summed E-state index contributed by atoms with van der Waals surface area (Å²) >= 11 is 0. The van der Waals surface area contributed by atoms with E-state index in [9.17, 15) is 9.90 Å². The molecule has 1 aliphatic carbocycles. The smallest absolute Gasteiger partial charge is 0.314 e. The van der Waals surface area contributed by atoms with Gasteiger partial charge in [-0.05, 0) is 65.0 Å². The fourth-order valence-corrected chi connectivity index (χ4v) is 4.41. The van der Waals surface area contributed by atoms with Crippen molar-refractivity contribution < 1.29 is 9.90 Å². The molecule has 1 N–H and O–H groups in total. The summed E-state index contributed by atoms with van der Waals surface area (Å²) in [4.78, 5) is 14.7. The Bertz CT molecular complexity index is 510. The van der Waals surface area contributed by atoms with E-state index < -0.39 is 11.4 Å². The molecule has 0 amide bonds. The summed E-state index contributed by atoms with van der Waals surface area (Å²) in [7, 11) is 0. The lowest BCUT2D eigenvalue weighted by atomic mass is 9.71. The van der Waals surface area contributed by atoms with Gasteiger partial charge in [0.05, 0.1) is 5.41 Å². The first-order chi connectivity index (χ1) is 10.9. The van der Waals surface area contributed by atoms with Gasteiger partial charge in [-0.15, -0.1) is 12.4 Å². The Morgan fingerprint density at radius 1 is 1.21 bits per heavy atom. The first-order valence-electron chi connectivity index (χ1n) is 8.94. The molecule has 0 saturated heterocycles. The largest absolute Gasteiger partial charge is 0.481 e. The molecular weight excluding hydrogens is 322 g/mol. The highest BCUT2D eigenvalue weighted by molar-refractivity contribution is 5.85. The Labute approximate surface area is 152 Å². The van der Waals surface area contributed by atoms with Crippen molar-refractivity contribution in [2.75, 3.05) is 6.54 Å². The lowest BCUT2D eigenvalue weighted by molar-refractivity contribution is -0.145. The van der Waals surface area contributed by atoms with Crippen LogP contribution in [0.3, 0.4) is 0 Å². The molecule has 1 aliphatic rings. The van der Waals surface area contributed by atoms with Gasteiger partial charge in [0.2, 0.25) is 0 Å². The van der Waals surface area contributed by atoms with E-state index in [0.29, 0.717) is 12.1 Å². The summed E-state index contributed by atoms with van der Waals surface area (Å²) in [6.45, 7) is 9.85. The van der Waals surface area contributed by atoms with Crippen LogP contribution >= 0.6 is 12.4 Å². The third kappa shape index (κ3) is 4.12. The van der Waals surface area contributed by atoms with E-state index in [-0.39, 0.29) is 18.3 Å². The number of carboxylic acid groups (broad SMARTS) is 1. The minimum Gasteiger partial charge on any atom is -0.481 e. The second-order valence-corrected chi connectivity index (χ2v) is 7.45. The Kier molecular flexibility index (Phi) is 7.75. The molecule has 1 fully saturated rings. The van der Waals surface area contributed by atoms with Crippen LogP contribution in [0.1, 0.15) is 58.9 Å². The Morgan fingerprint density at radius 2 is 1.79 bits per heavy atom. The molecule has 24 heavy (non-hydrogen) atoms. The minimum atomic E-state index is -0.694. The van der Waals surface area contributed by atoms with Crippen LogP contribution in [0.5, 0.6) is 0 Å². The van der Waals surface area contributed by atoms with Crippen molar-refractivity contribution in [3.63, 3.8) is 0 Å². The first kappa shape index (κ1) is 21.0. The van der Waals surface area contributed by atoms with Crippen LogP contribution in [0.2, 0.25) is 0 Å². The Morgan fingerprint density at radius 3 is 2.29 bits per heavy atom. The maximum Gasteiger partial charge on any atom is 0.314 e. The molecule has 2 unspecified atom stereocenters. The molecule has 1 saturated carbocycles. The van der Waals surface area contributed by atoms with Crippen LogP contribution in [0, 0.1) is 5.92 Å². The van der Waals surface area contributed by atoms with Gasteiger partial charge >= 0.3 is 5.97 Å². The van der Waals surface area contributed by atoms with Crippen LogP contribution in [0.25, 0.3) is 0 Å². The van der Waals surface area contributed by atoms with Crippen LogP contribution in [-0.2, 0) is 10.2 Å². The predicted molar refractivity (Wildman–Crippen MR) is 102 cm³/mol. The van der Waals surface area contributed by atoms with E-state index in [1.54, 1.807) is 0 Å². The zero-order chi connectivity index (χ0) is 17.0. The SMILES string of the molecule is CC(C)N(CCC1CCCC1(C(=O)O)c1ccccc1)C(C)C.Cl. The average molecular weight is 354 g/mol. The van der Waals surface area contributed by atoms with Crippen molar-refractivity contribution in [1.29, 1.82) is 0 Å². The van der Waals surface area contributed by atoms with Crippen LogP contribution < -0.4 is 0 Å². The molecule has 0 bridgehead atoms. The minimum absolute atomic E-state index is 0. The number of carboxylic acids is 1. The number of rotatable bonds is 7. The van der Waals surface area contributed by atoms with E-state index in [0.717, 1.165) is 37.8 Å². The fourth-order valence-electron chi connectivity index (χ4n) is 4.41. The monoisotopic (exact) mass is 353 g/mol. The van der Waals surface area contributed by atoms with Gasteiger partial charge in [0.25, 0.3) is 0 Å². The first-order valence-corrected chi connectivity index (χ1v) is 8.94. The molecule has 0 aliphatic heterocycles. The second-order valence-electron chi connectivity index (χ2n) is 7.45. The molecule has 1 aromatic rings. The summed E-state index contributed by atoms with van der Waals surface area (Å²) in [6, 6.07) is 10.9. The second kappa shape index (κ2) is 8.87.